The van der Waals surface area contributed by atoms with Gasteiger partial charge in [0.1, 0.15) is 23.4 Å². The molecule has 4 aromatic rings. The van der Waals surface area contributed by atoms with Crippen molar-refractivity contribution >= 4 is 34.2 Å². The molecule has 1 aromatic heterocycles. The Morgan fingerprint density at radius 3 is 2.71 bits per heavy atom. The van der Waals surface area contributed by atoms with Gasteiger partial charge in [-0.1, -0.05) is 23.7 Å². The molecule has 156 valence electrons. The number of carbonyl (C=O) groups excluding carboxylic acids is 1. The molecule has 2 heterocycles. The van der Waals surface area contributed by atoms with E-state index >= 15 is 0 Å². The van der Waals surface area contributed by atoms with Crippen molar-refractivity contribution in [2.24, 2.45) is 0 Å². The lowest BCUT2D eigenvalue weighted by atomic mass is 10.2. The number of amides is 1. The van der Waals surface area contributed by atoms with Gasteiger partial charge >= 0.3 is 0 Å². The lowest BCUT2D eigenvalue weighted by molar-refractivity contribution is -0.125. The maximum atomic E-state index is 12.7. The average molecular weight is 437 g/mol. The van der Waals surface area contributed by atoms with Crippen molar-refractivity contribution in [1.29, 1.82) is 0 Å². The number of nitrogens with zero attached hydrogens (tertiary/aromatic N) is 3. The number of benzene rings is 3. The summed E-state index contributed by atoms with van der Waals surface area (Å²) in [5.41, 5.74) is 2.57. The van der Waals surface area contributed by atoms with Crippen LogP contribution in [0.5, 0.6) is 17.2 Å². The zero-order valence-corrected chi connectivity index (χ0v) is 17.2. The summed E-state index contributed by atoms with van der Waals surface area (Å²) in [6.45, 7) is 0.138. The lowest BCUT2D eigenvalue weighted by Gasteiger charge is -2.25. The molecule has 1 N–H and O–H groups in total. The number of para-hydroxylation sites is 2. The van der Waals surface area contributed by atoms with Gasteiger partial charge in [-0.2, -0.15) is 4.80 Å². The summed E-state index contributed by atoms with van der Waals surface area (Å²) in [5.74, 6) is 1.44. The predicted molar refractivity (Wildman–Crippen MR) is 115 cm³/mol. The number of methoxy groups -OCH3 is 1. The molecule has 9 heteroatoms. The lowest BCUT2D eigenvalue weighted by Crippen LogP contribution is -2.40. The summed E-state index contributed by atoms with van der Waals surface area (Å²) in [7, 11) is 1.56. The van der Waals surface area contributed by atoms with Crippen LogP contribution in [0.4, 0.5) is 5.69 Å². The summed E-state index contributed by atoms with van der Waals surface area (Å²) in [5, 5.41) is 12.3. The number of hydrogen-bond acceptors (Lipinski definition) is 6. The molecule has 0 spiro atoms. The summed E-state index contributed by atoms with van der Waals surface area (Å²) < 4.78 is 16.5. The van der Waals surface area contributed by atoms with E-state index in [9.17, 15) is 4.79 Å². The van der Waals surface area contributed by atoms with Crippen molar-refractivity contribution in [3.63, 3.8) is 0 Å². The second kappa shape index (κ2) is 7.81. The molecule has 3 aromatic carbocycles. The number of aromatic nitrogens is 3. The van der Waals surface area contributed by atoms with Crippen LogP contribution in [0.2, 0.25) is 5.02 Å². The van der Waals surface area contributed by atoms with Crippen LogP contribution in [0.3, 0.4) is 0 Å². The molecule has 0 aliphatic carbocycles. The van der Waals surface area contributed by atoms with Crippen LogP contribution in [-0.2, 0) is 4.79 Å². The standard InChI is InChI=1S/C22H17ClN4O4/c1-29-18-9-7-14(11-15(18)23)27-25-16-8-6-13(10-17(16)26-27)24-22(28)21-12-30-19-4-2-3-5-20(19)31-21/h2-11,21H,12H2,1H3,(H,24,28). The molecule has 0 saturated carbocycles. The van der Waals surface area contributed by atoms with Crippen molar-refractivity contribution in [2.75, 3.05) is 19.0 Å². The SMILES string of the molecule is COc1ccc(-n2nc3ccc(NC(=O)C4COc5ccccc5O4)cc3n2)cc1Cl. The first-order chi connectivity index (χ1) is 15.1. The van der Waals surface area contributed by atoms with Gasteiger partial charge in [0.25, 0.3) is 5.91 Å². The van der Waals surface area contributed by atoms with Gasteiger partial charge in [0.15, 0.2) is 11.5 Å². The average Bonchev–Trinajstić information content (AvgIpc) is 3.22. The minimum Gasteiger partial charge on any atom is -0.495 e. The van der Waals surface area contributed by atoms with Gasteiger partial charge in [0.2, 0.25) is 6.10 Å². The molecule has 0 fully saturated rings. The van der Waals surface area contributed by atoms with Gasteiger partial charge in [0.05, 0.1) is 17.8 Å². The number of ether oxygens (including phenoxy) is 3. The van der Waals surface area contributed by atoms with E-state index in [0.29, 0.717) is 44.7 Å². The van der Waals surface area contributed by atoms with Crippen LogP contribution in [0.15, 0.2) is 60.7 Å². The highest BCUT2D eigenvalue weighted by atomic mass is 35.5. The fourth-order valence-corrected chi connectivity index (χ4v) is 3.51. The zero-order valence-electron chi connectivity index (χ0n) is 16.4. The summed E-state index contributed by atoms with van der Waals surface area (Å²) in [4.78, 5) is 14.1. The van der Waals surface area contributed by atoms with E-state index in [2.05, 4.69) is 15.5 Å². The van der Waals surface area contributed by atoms with Crippen molar-refractivity contribution in [1.82, 2.24) is 15.0 Å². The van der Waals surface area contributed by atoms with Gasteiger partial charge in [-0.05, 0) is 48.5 Å². The van der Waals surface area contributed by atoms with E-state index in [1.54, 1.807) is 49.6 Å². The van der Waals surface area contributed by atoms with Crippen molar-refractivity contribution in [3.8, 4) is 22.9 Å². The number of nitrogens with one attached hydrogen (secondary N) is 1. The minimum atomic E-state index is -0.747. The third kappa shape index (κ3) is 3.73. The fourth-order valence-electron chi connectivity index (χ4n) is 3.26. The van der Waals surface area contributed by atoms with Crippen LogP contribution in [-0.4, -0.2) is 40.7 Å². The number of carbonyl (C=O) groups is 1. The van der Waals surface area contributed by atoms with Crippen molar-refractivity contribution in [3.05, 3.63) is 65.7 Å². The van der Waals surface area contributed by atoms with Crippen LogP contribution in [0, 0.1) is 0 Å². The van der Waals surface area contributed by atoms with Gasteiger partial charge < -0.3 is 19.5 Å². The Bertz CT molecular complexity index is 1290. The highest BCUT2D eigenvalue weighted by molar-refractivity contribution is 6.32. The van der Waals surface area contributed by atoms with Gasteiger partial charge in [0, 0.05) is 5.69 Å². The number of rotatable bonds is 4. The highest BCUT2D eigenvalue weighted by Crippen LogP contribution is 2.31. The number of anilines is 1. The molecule has 31 heavy (non-hydrogen) atoms. The molecule has 1 unspecified atom stereocenters. The Kier molecular flexibility index (Phi) is 4.83. The number of fused-ring (bicyclic) bond motifs is 2. The fraction of sp³-hybridized carbons (Fsp3) is 0.136. The van der Waals surface area contributed by atoms with E-state index in [-0.39, 0.29) is 12.5 Å². The Morgan fingerprint density at radius 2 is 1.90 bits per heavy atom. The van der Waals surface area contributed by atoms with Crippen LogP contribution < -0.4 is 19.5 Å². The van der Waals surface area contributed by atoms with Gasteiger partial charge in [-0.25, -0.2) is 0 Å². The zero-order chi connectivity index (χ0) is 21.4. The van der Waals surface area contributed by atoms with Gasteiger partial charge in [-0.3, -0.25) is 4.79 Å². The van der Waals surface area contributed by atoms with E-state index in [0.717, 1.165) is 0 Å². The minimum absolute atomic E-state index is 0.138. The normalized spacial score (nSPS) is 15.0. The summed E-state index contributed by atoms with van der Waals surface area (Å²) >= 11 is 6.20. The molecular weight excluding hydrogens is 420 g/mol. The quantitative estimate of drug-likeness (QED) is 0.522. The van der Waals surface area contributed by atoms with Crippen molar-refractivity contribution in [2.45, 2.75) is 6.10 Å². The highest BCUT2D eigenvalue weighted by Gasteiger charge is 2.27. The first-order valence-corrected chi connectivity index (χ1v) is 9.89. The summed E-state index contributed by atoms with van der Waals surface area (Å²) in [6, 6.07) is 17.8. The van der Waals surface area contributed by atoms with Crippen molar-refractivity contribution < 1.29 is 19.0 Å². The molecule has 1 atom stereocenters. The van der Waals surface area contributed by atoms with E-state index in [1.807, 2.05) is 18.2 Å². The molecule has 8 nitrogen and oxygen atoms in total. The Labute approximate surface area is 182 Å². The molecule has 5 rings (SSSR count). The molecule has 1 aliphatic rings. The Hall–Kier alpha value is -3.78. The monoisotopic (exact) mass is 436 g/mol. The second-order valence-corrected chi connectivity index (χ2v) is 7.27. The second-order valence-electron chi connectivity index (χ2n) is 6.87. The summed E-state index contributed by atoms with van der Waals surface area (Å²) in [6.07, 6.45) is -0.747. The third-order valence-corrected chi connectivity index (χ3v) is 5.11. The maximum Gasteiger partial charge on any atom is 0.269 e. The first kappa shape index (κ1) is 19.2. The molecular formula is C22H17ClN4O4. The van der Waals surface area contributed by atoms with Crippen LogP contribution in [0.25, 0.3) is 16.7 Å². The Morgan fingerprint density at radius 1 is 1.10 bits per heavy atom. The number of hydrogen-bond donors (Lipinski definition) is 1. The molecule has 1 amide bonds. The maximum absolute atomic E-state index is 12.7. The predicted octanol–water partition coefficient (Wildman–Crippen LogP) is 3.86. The topological polar surface area (TPSA) is 87.5 Å². The molecule has 1 aliphatic heterocycles. The third-order valence-electron chi connectivity index (χ3n) is 4.82. The van der Waals surface area contributed by atoms with Crippen LogP contribution in [0.1, 0.15) is 0 Å². The largest absolute Gasteiger partial charge is 0.495 e. The van der Waals surface area contributed by atoms with E-state index in [1.165, 1.54) is 4.80 Å². The molecule has 0 radical (unpaired) electrons. The first-order valence-electron chi connectivity index (χ1n) is 9.51. The smallest absolute Gasteiger partial charge is 0.269 e. The van der Waals surface area contributed by atoms with E-state index < -0.39 is 6.10 Å². The Balaban J connectivity index is 1.34. The van der Waals surface area contributed by atoms with Crippen LogP contribution >= 0.6 is 11.6 Å². The molecule has 0 bridgehead atoms. The van der Waals surface area contributed by atoms with E-state index in [4.69, 9.17) is 25.8 Å². The van der Waals surface area contributed by atoms with Gasteiger partial charge in [-0.15, -0.1) is 10.2 Å². The molecule has 0 saturated heterocycles. The number of halogens is 1.